The lowest BCUT2D eigenvalue weighted by molar-refractivity contribution is -0.121. The van der Waals surface area contributed by atoms with Gasteiger partial charge in [-0.3, -0.25) is 9.59 Å². The highest BCUT2D eigenvalue weighted by molar-refractivity contribution is 6.42. The van der Waals surface area contributed by atoms with Gasteiger partial charge in [0.1, 0.15) is 0 Å². The predicted molar refractivity (Wildman–Crippen MR) is 103 cm³/mol. The summed E-state index contributed by atoms with van der Waals surface area (Å²) in [7, 11) is 0. The van der Waals surface area contributed by atoms with Crippen LogP contribution in [0.25, 0.3) is 6.08 Å². The van der Waals surface area contributed by atoms with E-state index in [1.807, 2.05) is 31.2 Å². The van der Waals surface area contributed by atoms with Gasteiger partial charge in [0.25, 0.3) is 0 Å². The van der Waals surface area contributed by atoms with Gasteiger partial charge < -0.3 is 10.6 Å². The first-order valence-electron chi connectivity index (χ1n) is 7.78. The normalized spacial score (nSPS) is 10.7. The second-order valence-electron chi connectivity index (χ2n) is 5.28. The van der Waals surface area contributed by atoms with E-state index in [-0.39, 0.29) is 18.4 Å². The molecule has 2 rings (SSSR count). The zero-order valence-electron chi connectivity index (χ0n) is 13.7. The van der Waals surface area contributed by atoms with Crippen molar-refractivity contribution in [3.05, 3.63) is 69.7 Å². The lowest BCUT2D eigenvalue weighted by atomic mass is 10.1. The summed E-state index contributed by atoms with van der Waals surface area (Å²) in [5, 5.41) is 6.20. The maximum atomic E-state index is 12.0. The molecule has 0 aliphatic heterocycles. The van der Waals surface area contributed by atoms with Crippen molar-refractivity contribution in [2.75, 3.05) is 11.9 Å². The van der Waals surface area contributed by atoms with Gasteiger partial charge >= 0.3 is 0 Å². The van der Waals surface area contributed by atoms with Crippen LogP contribution in [0.15, 0.2) is 48.5 Å². The number of benzene rings is 2. The second-order valence-corrected chi connectivity index (χ2v) is 6.10. The Morgan fingerprint density at radius 1 is 1.08 bits per heavy atom. The van der Waals surface area contributed by atoms with Crippen molar-refractivity contribution in [3.8, 4) is 0 Å². The molecule has 2 aromatic rings. The number of para-hydroxylation sites is 1. The molecule has 0 bridgehead atoms. The number of hydrogen-bond acceptors (Lipinski definition) is 2. The molecule has 0 aliphatic carbocycles. The quantitative estimate of drug-likeness (QED) is 0.737. The second kappa shape index (κ2) is 9.25. The van der Waals surface area contributed by atoms with Crippen molar-refractivity contribution in [2.24, 2.45) is 0 Å². The monoisotopic (exact) mass is 376 g/mol. The van der Waals surface area contributed by atoms with Crippen molar-refractivity contribution < 1.29 is 9.59 Å². The molecule has 6 heteroatoms. The molecule has 25 heavy (non-hydrogen) atoms. The summed E-state index contributed by atoms with van der Waals surface area (Å²) in [6, 6.07) is 12.6. The van der Waals surface area contributed by atoms with Crippen LogP contribution in [0, 0.1) is 0 Å². The van der Waals surface area contributed by atoms with Crippen molar-refractivity contribution in [2.45, 2.75) is 13.3 Å². The first-order valence-corrected chi connectivity index (χ1v) is 8.54. The Morgan fingerprint density at radius 3 is 2.56 bits per heavy atom. The van der Waals surface area contributed by atoms with Crippen LogP contribution in [0.2, 0.25) is 10.0 Å². The van der Waals surface area contributed by atoms with E-state index in [0.717, 1.165) is 23.2 Å². The Hall–Kier alpha value is -2.30. The molecule has 0 radical (unpaired) electrons. The van der Waals surface area contributed by atoms with Gasteiger partial charge in [0.15, 0.2) is 0 Å². The summed E-state index contributed by atoms with van der Waals surface area (Å²) in [4.78, 5) is 23.8. The van der Waals surface area contributed by atoms with Gasteiger partial charge in [-0.15, -0.1) is 0 Å². The summed E-state index contributed by atoms with van der Waals surface area (Å²) < 4.78 is 0. The van der Waals surface area contributed by atoms with Crippen LogP contribution < -0.4 is 10.6 Å². The van der Waals surface area contributed by atoms with Crippen LogP contribution in [0.4, 0.5) is 5.69 Å². The highest BCUT2D eigenvalue weighted by Gasteiger charge is 2.06. The maximum Gasteiger partial charge on any atom is 0.244 e. The highest BCUT2D eigenvalue weighted by Crippen LogP contribution is 2.23. The lowest BCUT2D eigenvalue weighted by Crippen LogP contribution is -2.31. The average molecular weight is 377 g/mol. The minimum absolute atomic E-state index is 0.109. The van der Waals surface area contributed by atoms with Gasteiger partial charge in [0.2, 0.25) is 11.8 Å². The first-order chi connectivity index (χ1) is 12.0. The molecule has 2 N–H and O–H groups in total. The van der Waals surface area contributed by atoms with E-state index in [1.165, 1.54) is 6.08 Å². The minimum Gasteiger partial charge on any atom is -0.343 e. The molecule has 2 amide bonds. The largest absolute Gasteiger partial charge is 0.343 e. The Morgan fingerprint density at radius 2 is 1.84 bits per heavy atom. The summed E-state index contributed by atoms with van der Waals surface area (Å²) in [6.07, 6.45) is 3.75. The molecule has 2 aromatic carbocycles. The first kappa shape index (κ1) is 19.0. The zero-order chi connectivity index (χ0) is 18.2. The van der Waals surface area contributed by atoms with Gasteiger partial charge in [-0.1, -0.05) is 54.4 Å². The molecular formula is C19H18Cl2N2O2. The fourth-order valence-corrected chi connectivity index (χ4v) is 2.47. The molecular weight excluding hydrogens is 359 g/mol. The molecule has 0 saturated carbocycles. The van der Waals surface area contributed by atoms with Crippen molar-refractivity contribution >= 4 is 46.8 Å². The van der Waals surface area contributed by atoms with Gasteiger partial charge in [-0.2, -0.15) is 0 Å². The van der Waals surface area contributed by atoms with Crippen LogP contribution in [-0.4, -0.2) is 18.4 Å². The smallest absolute Gasteiger partial charge is 0.244 e. The number of nitrogens with one attached hydrogen (secondary N) is 2. The maximum absolute atomic E-state index is 12.0. The Bertz CT molecular complexity index is 804. The number of rotatable bonds is 6. The molecule has 0 aliphatic rings. The van der Waals surface area contributed by atoms with Gasteiger partial charge in [0, 0.05) is 11.8 Å². The summed E-state index contributed by atoms with van der Waals surface area (Å²) in [6.45, 7) is 1.91. The van der Waals surface area contributed by atoms with E-state index >= 15 is 0 Å². The van der Waals surface area contributed by atoms with Crippen molar-refractivity contribution in [1.29, 1.82) is 0 Å². The fourth-order valence-electron chi connectivity index (χ4n) is 2.16. The minimum atomic E-state index is -0.370. The van der Waals surface area contributed by atoms with Gasteiger partial charge in [-0.05, 0) is 41.8 Å². The van der Waals surface area contributed by atoms with E-state index in [2.05, 4.69) is 10.6 Å². The molecule has 0 unspecified atom stereocenters. The molecule has 0 heterocycles. The van der Waals surface area contributed by atoms with Gasteiger partial charge in [0.05, 0.1) is 16.6 Å². The van der Waals surface area contributed by atoms with Crippen LogP contribution in [0.5, 0.6) is 0 Å². The van der Waals surface area contributed by atoms with E-state index in [9.17, 15) is 9.59 Å². The third-order valence-electron chi connectivity index (χ3n) is 3.47. The molecule has 0 atom stereocenters. The van der Waals surface area contributed by atoms with Crippen molar-refractivity contribution in [3.63, 3.8) is 0 Å². The van der Waals surface area contributed by atoms with E-state index in [4.69, 9.17) is 23.2 Å². The number of hydrogen-bond donors (Lipinski definition) is 2. The molecule has 0 spiro atoms. The molecule has 130 valence electrons. The van der Waals surface area contributed by atoms with Crippen LogP contribution in [0.3, 0.4) is 0 Å². The number of anilines is 1. The number of carbonyl (C=O) groups excluding carboxylic acids is 2. The van der Waals surface area contributed by atoms with Crippen LogP contribution in [-0.2, 0) is 16.0 Å². The van der Waals surface area contributed by atoms with E-state index < -0.39 is 0 Å². The SMILES string of the molecule is CCc1ccccc1NC(=O)CNC(=O)/C=C/c1ccc(Cl)c(Cl)c1. The highest BCUT2D eigenvalue weighted by atomic mass is 35.5. The summed E-state index contributed by atoms with van der Waals surface area (Å²) in [5.41, 5.74) is 2.54. The summed E-state index contributed by atoms with van der Waals surface area (Å²) in [5.74, 6) is -0.651. The third-order valence-corrected chi connectivity index (χ3v) is 4.21. The van der Waals surface area contributed by atoms with Gasteiger partial charge in [-0.25, -0.2) is 0 Å². The van der Waals surface area contributed by atoms with E-state index in [0.29, 0.717) is 10.0 Å². The van der Waals surface area contributed by atoms with Crippen molar-refractivity contribution in [1.82, 2.24) is 5.32 Å². The summed E-state index contributed by atoms with van der Waals surface area (Å²) >= 11 is 11.8. The van der Waals surface area contributed by atoms with Crippen LogP contribution >= 0.6 is 23.2 Å². The molecule has 0 saturated heterocycles. The van der Waals surface area contributed by atoms with Crippen LogP contribution in [0.1, 0.15) is 18.1 Å². The van der Waals surface area contributed by atoms with E-state index in [1.54, 1.807) is 24.3 Å². The third kappa shape index (κ3) is 5.93. The number of amides is 2. The molecule has 0 aromatic heterocycles. The molecule has 0 fully saturated rings. The predicted octanol–water partition coefficient (Wildman–Crippen LogP) is 4.32. The lowest BCUT2D eigenvalue weighted by Gasteiger charge is -2.09. The standard InChI is InChI=1S/C19H18Cl2N2O2/c1-2-14-5-3-4-6-17(14)23-19(25)12-22-18(24)10-8-13-7-9-15(20)16(21)11-13/h3-11H,2,12H2,1H3,(H,22,24)(H,23,25)/b10-8+. The Kier molecular flexibility index (Phi) is 7.04. The fraction of sp³-hybridized carbons (Fsp3) is 0.158. The topological polar surface area (TPSA) is 58.2 Å². The Balaban J connectivity index is 1.85. The number of halogens is 2. The average Bonchev–Trinajstić information content (AvgIpc) is 2.61. The number of carbonyl (C=O) groups is 2. The molecule has 4 nitrogen and oxygen atoms in total. The Labute approximate surface area is 156 Å². The number of aryl methyl sites for hydroxylation is 1. The zero-order valence-corrected chi connectivity index (χ0v) is 15.2.